The number of carbonyl (C=O) groups is 1. The number of carbonyl (C=O) groups excluding carboxylic acids is 1. The van der Waals surface area contributed by atoms with Crippen molar-refractivity contribution in [1.82, 2.24) is 0 Å². The first kappa shape index (κ1) is 16.1. The van der Waals surface area contributed by atoms with Gasteiger partial charge in [-0.2, -0.15) is 0 Å². The number of benzene rings is 2. The Hall–Kier alpha value is -2.29. The minimum atomic E-state index is -0.493. The minimum Gasteiger partial charge on any atom is -0.481 e. The van der Waals surface area contributed by atoms with E-state index in [0.717, 1.165) is 23.4 Å². The fourth-order valence-corrected chi connectivity index (χ4v) is 2.24. The number of hydrogen-bond acceptors (Lipinski definition) is 2. The highest BCUT2D eigenvalue weighted by Crippen LogP contribution is 2.17. The molecule has 22 heavy (non-hydrogen) atoms. The Morgan fingerprint density at radius 1 is 1.14 bits per heavy atom. The Balaban J connectivity index is 2.02. The second-order valence-corrected chi connectivity index (χ2v) is 5.37. The third-order valence-electron chi connectivity index (χ3n) is 3.56. The molecule has 1 unspecified atom stereocenters. The van der Waals surface area contributed by atoms with Crippen LogP contribution in [0.2, 0.25) is 0 Å². The van der Waals surface area contributed by atoms with Gasteiger partial charge in [0, 0.05) is 5.69 Å². The molecule has 0 aromatic heterocycles. The molecule has 0 bridgehead atoms. The highest BCUT2D eigenvalue weighted by atomic mass is 16.5. The van der Waals surface area contributed by atoms with Gasteiger partial charge in [-0.15, -0.1) is 0 Å². The van der Waals surface area contributed by atoms with E-state index in [1.807, 2.05) is 62.4 Å². The van der Waals surface area contributed by atoms with Crippen molar-refractivity contribution in [3.05, 3.63) is 59.7 Å². The van der Waals surface area contributed by atoms with Crippen molar-refractivity contribution >= 4 is 11.6 Å². The number of rotatable bonds is 6. The van der Waals surface area contributed by atoms with E-state index in [1.54, 1.807) is 0 Å². The second-order valence-electron chi connectivity index (χ2n) is 5.37. The van der Waals surface area contributed by atoms with Crippen LogP contribution < -0.4 is 10.1 Å². The molecule has 0 radical (unpaired) electrons. The molecule has 0 saturated carbocycles. The van der Waals surface area contributed by atoms with Gasteiger partial charge in [-0.25, -0.2) is 0 Å². The monoisotopic (exact) mass is 297 g/mol. The molecule has 0 heterocycles. The Morgan fingerprint density at radius 2 is 1.86 bits per heavy atom. The van der Waals surface area contributed by atoms with Gasteiger partial charge in [-0.3, -0.25) is 4.79 Å². The Bertz CT molecular complexity index is 620. The fourth-order valence-electron chi connectivity index (χ4n) is 2.24. The van der Waals surface area contributed by atoms with Crippen LogP contribution in [0.4, 0.5) is 5.69 Å². The van der Waals surface area contributed by atoms with Crippen molar-refractivity contribution in [2.75, 3.05) is 5.32 Å². The van der Waals surface area contributed by atoms with Gasteiger partial charge >= 0.3 is 0 Å². The smallest absolute Gasteiger partial charge is 0.265 e. The van der Waals surface area contributed by atoms with Crippen LogP contribution >= 0.6 is 0 Å². The SMILES string of the molecule is CCc1ccc(OC(CC)C(=O)Nc2cccc(C)c2)cc1. The van der Waals surface area contributed by atoms with E-state index in [1.165, 1.54) is 5.56 Å². The number of nitrogens with one attached hydrogen (secondary N) is 1. The van der Waals surface area contributed by atoms with Crippen molar-refractivity contribution in [3.63, 3.8) is 0 Å². The maximum absolute atomic E-state index is 12.3. The summed E-state index contributed by atoms with van der Waals surface area (Å²) in [6.45, 7) is 6.06. The summed E-state index contributed by atoms with van der Waals surface area (Å²) in [5.41, 5.74) is 3.17. The predicted octanol–water partition coefficient (Wildman–Crippen LogP) is 4.35. The average Bonchev–Trinajstić information content (AvgIpc) is 2.53. The summed E-state index contributed by atoms with van der Waals surface area (Å²) in [6.07, 6.45) is 1.12. The summed E-state index contributed by atoms with van der Waals surface area (Å²) >= 11 is 0. The van der Waals surface area contributed by atoms with E-state index in [-0.39, 0.29) is 5.91 Å². The van der Waals surface area contributed by atoms with E-state index in [2.05, 4.69) is 12.2 Å². The van der Waals surface area contributed by atoms with Gasteiger partial charge in [-0.05, 0) is 55.2 Å². The third-order valence-corrected chi connectivity index (χ3v) is 3.56. The Labute approximate surface area is 132 Å². The molecule has 2 aromatic carbocycles. The molecule has 0 saturated heterocycles. The molecule has 0 aliphatic rings. The summed E-state index contributed by atoms with van der Waals surface area (Å²) in [7, 11) is 0. The lowest BCUT2D eigenvalue weighted by molar-refractivity contribution is -0.122. The zero-order valence-corrected chi connectivity index (χ0v) is 13.4. The van der Waals surface area contributed by atoms with E-state index >= 15 is 0 Å². The summed E-state index contributed by atoms with van der Waals surface area (Å²) in [5, 5.41) is 2.91. The molecular formula is C19H23NO2. The van der Waals surface area contributed by atoms with Crippen LogP contribution in [0, 0.1) is 6.92 Å². The molecule has 0 spiro atoms. The molecule has 0 aliphatic carbocycles. The molecule has 1 amide bonds. The van der Waals surface area contributed by atoms with Crippen molar-refractivity contribution in [3.8, 4) is 5.75 Å². The normalized spacial score (nSPS) is 11.8. The van der Waals surface area contributed by atoms with Crippen molar-refractivity contribution < 1.29 is 9.53 Å². The molecule has 0 aliphatic heterocycles. The van der Waals surface area contributed by atoms with Crippen molar-refractivity contribution in [2.24, 2.45) is 0 Å². The summed E-state index contributed by atoms with van der Waals surface area (Å²) in [4.78, 5) is 12.3. The molecular weight excluding hydrogens is 274 g/mol. The highest BCUT2D eigenvalue weighted by Gasteiger charge is 2.18. The molecule has 0 fully saturated rings. The van der Waals surface area contributed by atoms with Gasteiger partial charge in [0.25, 0.3) is 5.91 Å². The van der Waals surface area contributed by atoms with E-state index < -0.39 is 6.10 Å². The van der Waals surface area contributed by atoms with Gasteiger partial charge in [0.05, 0.1) is 0 Å². The van der Waals surface area contributed by atoms with Crippen LogP contribution in [0.5, 0.6) is 5.75 Å². The predicted molar refractivity (Wildman–Crippen MR) is 90.3 cm³/mol. The maximum atomic E-state index is 12.3. The largest absolute Gasteiger partial charge is 0.481 e. The van der Waals surface area contributed by atoms with Crippen LogP contribution in [0.3, 0.4) is 0 Å². The lowest BCUT2D eigenvalue weighted by Crippen LogP contribution is -2.32. The standard InChI is InChI=1S/C19H23NO2/c1-4-15-9-11-17(12-10-15)22-18(5-2)19(21)20-16-8-6-7-14(3)13-16/h6-13,18H,4-5H2,1-3H3,(H,20,21). The van der Waals surface area contributed by atoms with Gasteiger partial charge in [-0.1, -0.05) is 38.1 Å². The van der Waals surface area contributed by atoms with Gasteiger partial charge in [0.2, 0.25) is 0 Å². The molecule has 3 heteroatoms. The van der Waals surface area contributed by atoms with E-state index in [9.17, 15) is 4.79 Å². The molecule has 1 atom stereocenters. The summed E-state index contributed by atoms with van der Waals surface area (Å²) in [5.74, 6) is 0.608. The average molecular weight is 297 g/mol. The molecule has 2 rings (SSSR count). The van der Waals surface area contributed by atoms with Crippen LogP contribution in [0.25, 0.3) is 0 Å². The lowest BCUT2D eigenvalue weighted by Gasteiger charge is -2.17. The number of amides is 1. The first-order valence-electron chi connectivity index (χ1n) is 7.75. The maximum Gasteiger partial charge on any atom is 0.265 e. The number of hydrogen-bond donors (Lipinski definition) is 1. The molecule has 1 N–H and O–H groups in total. The van der Waals surface area contributed by atoms with Gasteiger partial charge in [0.15, 0.2) is 6.10 Å². The van der Waals surface area contributed by atoms with Crippen LogP contribution in [-0.2, 0) is 11.2 Å². The van der Waals surface area contributed by atoms with Gasteiger partial charge < -0.3 is 10.1 Å². The quantitative estimate of drug-likeness (QED) is 0.860. The zero-order chi connectivity index (χ0) is 15.9. The molecule has 2 aromatic rings. The lowest BCUT2D eigenvalue weighted by atomic mass is 10.1. The molecule has 116 valence electrons. The fraction of sp³-hybridized carbons (Fsp3) is 0.316. The first-order valence-corrected chi connectivity index (χ1v) is 7.75. The number of ether oxygens (including phenoxy) is 1. The van der Waals surface area contributed by atoms with Gasteiger partial charge in [0.1, 0.15) is 5.75 Å². The van der Waals surface area contributed by atoms with E-state index in [0.29, 0.717) is 6.42 Å². The summed E-state index contributed by atoms with van der Waals surface area (Å²) < 4.78 is 5.82. The Kier molecular flexibility index (Phi) is 5.59. The zero-order valence-electron chi connectivity index (χ0n) is 13.4. The van der Waals surface area contributed by atoms with Crippen molar-refractivity contribution in [2.45, 2.75) is 39.7 Å². The third kappa shape index (κ3) is 4.35. The van der Waals surface area contributed by atoms with Crippen LogP contribution in [0.1, 0.15) is 31.4 Å². The summed E-state index contributed by atoms with van der Waals surface area (Å²) in [6, 6.07) is 15.6. The van der Waals surface area contributed by atoms with Crippen molar-refractivity contribution in [1.29, 1.82) is 0 Å². The van der Waals surface area contributed by atoms with Crippen LogP contribution in [0.15, 0.2) is 48.5 Å². The minimum absolute atomic E-state index is 0.118. The first-order chi connectivity index (χ1) is 10.6. The Morgan fingerprint density at radius 3 is 2.45 bits per heavy atom. The van der Waals surface area contributed by atoms with Crippen LogP contribution in [-0.4, -0.2) is 12.0 Å². The van der Waals surface area contributed by atoms with E-state index in [4.69, 9.17) is 4.74 Å². The highest BCUT2D eigenvalue weighted by molar-refractivity contribution is 5.94. The number of anilines is 1. The topological polar surface area (TPSA) is 38.3 Å². The molecule has 3 nitrogen and oxygen atoms in total. The second kappa shape index (κ2) is 7.64. The number of aryl methyl sites for hydroxylation is 2.